The summed E-state index contributed by atoms with van der Waals surface area (Å²) >= 11 is 0. The lowest BCUT2D eigenvalue weighted by Gasteiger charge is -2.12. The molecule has 0 saturated heterocycles. The van der Waals surface area contributed by atoms with Gasteiger partial charge < -0.3 is 5.11 Å². The van der Waals surface area contributed by atoms with Crippen LogP contribution in [-0.4, -0.2) is 35.0 Å². The van der Waals surface area contributed by atoms with E-state index < -0.39 is 0 Å². The van der Waals surface area contributed by atoms with E-state index in [4.69, 9.17) is 5.11 Å². The molecule has 2 amide bonds. The Morgan fingerprint density at radius 2 is 1.64 bits per heavy atom. The predicted molar refractivity (Wildman–Crippen MR) is 53.4 cm³/mol. The summed E-state index contributed by atoms with van der Waals surface area (Å²) in [5.74, 6) is -0.504. The molecule has 0 aromatic heterocycles. The fraction of sp³-hybridized carbons (Fsp3) is 0.400. The molecule has 0 saturated carbocycles. The number of aliphatic hydroxyl groups excluding tert-OH is 1. The minimum absolute atomic E-state index is 0.101. The van der Waals surface area contributed by atoms with Crippen molar-refractivity contribution < 1.29 is 14.7 Å². The highest BCUT2D eigenvalue weighted by molar-refractivity contribution is 6.12. The van der Waals surface area contributed by atoms with Gasteiger partial charge in [0, 0.05) is 25.3 Å². The highest BCUT2D eigenvalue weighted by Crippen LogP contribution is 2.04. The lowest BCUT2D eigenvalue weighted by molar-refractivity contribution is -0.136. The lowest BCUT2D eigenvalue weighted by Crippen LogP contribution is -2.30. The zero-order valence-corrected chi connectivity index (χ0v) is 8.11. The summed E-state index contributed by atoms with van der Waals surface area (Å²) in [6, 6.07) is 0. The van der Waals surface area contributed by atoms with Crippen molar-refractivity contribution in [2.45, 2.75) is 12.8 Å². The first-order valence-corrected chi connectivity index (χ1v) is 4.40. The number of amides is 2. The Balaban J connectivity index is 0.000000791. The molecule has 0 atom stereocenters. The third kappa shape index (κ3) is 3.53. The molecular weight excluding hydrogens is 182 g/mol. The first kappa shape index (κ1) is 12.6. The van der Waals surface area contributed by atoms with Crippen LogP contribution in [0.2, 0.25) is 0 Å². The molecule has 1 N–H and O–H groups in total. The number of unbranched alkanes of at least 4 members (excludes halogenated alkanes) is 1. The van der Waals surface area contributed by atoms with Crippen molar-refractivity contribution in [3.05, 3.63) is 25.3 Å². The fourth-order valence-corrected chi connectivity index (χ4v) is 1.03. The molecule has 4 heteroatoms. The third-order valence-corrected chi connectivity index (χ3v) is 1.69. The Morgan fingerprint density at radius 1 is 1.14 bits per heavy atom. The van der Waals surface area contributed by atoms with Crippen LogP contribution < -0.4 is 0 Å². The predicted octanol–water partition coefficient (Wildman–Crippen LogP) is 0.486. The minimum Gasteiger partial charge on any atom is -0.396 e. The van der Waals surface area contributed by atoms with Crippen molar-refractivity contribution >= 4 is 11.8 Å². The van der Waals surface area contributed by atoms with Crippen LogP contribution in [0, 0.1) is 0 Å². The SMILES string of the molecule is C=C.O=C1C=CC(=O)N1CCCCO. The molecule has 0 radical (unpaired) electrons. The minimum atomic E-state index is -0.252. The summed E-state index contributed by atoms with van der Waals surface area (Å²) in [5, 5.41) is 8.47. The topological polar surface area (TPSA) is 57.6 Å². The number of imide groups is 1. The highest BCUT2D eigenvalue weighted by Gasteiger charge is 2.21. The van der Waals surface area contributed by atoms with Crippen LogP contribution in [0.5, 0.6) is 0 Å². The van der Waals surface area contributed by atoms with Gasteiger partial charge in [0.1, 0.15) is 0 Å². The van der Waals surface area contributed by atoms with E-state index >= 15 is 0 Å². The molecule has 0 bridgehead atoms. The van der Waals surface area contributed by atoms with Crippen molar-refractivity contribution in [2.24, 2.45) is 0 Å². The van der Waals surface area contributed by atoms with E-state index in [1.807, 2.05) is 0 Å². The average Bonchev–Trinajstić information content (AvgIpc) is 2.52. The van der Waals surface area contributed by atoms with Crippen molar-refractivity contribution in [2.75, 3.05) is 13.2 Å². The normalized spacial score (nSPS) is 14.2. The molecule has 0 unspecified atom stereocenters. The fourth-order valence-electron chi connectivity index (χ4n) is 1.03. The van der Waals surface area contributed by atoms with Crippen LogP contribution >= 0.6 is 0 Å². The van der Waals surface area contributed by atoms with Crippen LogP contribution in [0.1, 0.15) is 12.8 Å². The lowest BCUT2D eigenvalue weighted by atomic mass is 10.3. The molecule has 0 spiro atoms. The number of carbonyl (C=O) groups excluding carboxylic acids is 2. The van der Waals surface area contributed by atoms with Crippen LogP contribution in [0.4, 0.5) is 0 Å². The number of rotatable bonds is 4. The zero-order valence-electron chi connectivity index (χ0n) is 8.11. The summed E-state index contributed by atoms with van der Waals surface area (Å²) in [6.45, 7) is 6.51. The Morgan fingerprint density at radius 3 is 2.07 bits per heavy atom. The van der Waals surface area contributed by atoms with Gasteiger partial charge in [0.05, 0.1) is 0 Å². The van der Waals surface area contributed by atoms with E-state index in [0.29, 0.717) is 19.4 Å². The van der Waals surface area contributed by atoms with E-state index in [1.165, 1.54) is 17.1 Å². The van der Waals surface area contributed by atoms with E-state index in [-0.39, 0.29) is 18.4 Å². The van der Waals surface area contributed by atoms with Crippen molar-refractivity contribution in [1.82, 2.24) is 4.90 Å². The van der Waals surface area contributed by atoms with E-state index in [1.54, 1.807) is 0 Å². The first-order chi connectivity index (χ1) is 6.75. The van der Waals surface area contributed by atoms with Crippen LogP contribution in [0.3, 0.4) is 0 Å². The van der Waals surface area contributed by atoms with Crippen molar-refractivity contribution in [1.29, 1.82) is 0 Å². The molecule has 1 heterocycles. The molecule has 78 valence electrons. The summed E-state index contributed by atoms with van der Waals surface area (Å²) < 4.78 is 0. The quantitative estimate of drug-likeness (QED) is 0.405. The largest absolute Gasteiger partial charge is 0.396 e. The van der Waals surface area contributed by atoms with Gasteiger partial charge in [-0.15, -0.1) is 13.2 Å². The average molecular weight is 197 g/mol. The first-order valence-electron chi connectivity index (χ1n) is 4.40. The van der Waals surface area contributed by atoms with E-state index in [2.05, 4.69) is 13.2 Å². The van der Waals surface area contributed by atoms with Gasteiger partial charge in [0.2, 0.25) is 0 Å². The van der Waals surface area contributed by atoms with Gasteiger partial charge in [-0.05, 0) is 12.8 Å². The highest BCUT2D eigenvalue weighted by atomic mass is 16.3. The maximum atomic E-state index is 10.9. The summed E-state index contributed by atoms with van der Waals surface area (Å²) in [6.07, 6.45) is 3.81. The molecule has 0 aromatic carbocycles. The molecule has 0 aromatic rings. The summed E-state index contributed by atoms with van der Waals surface area (Å²) in [4.78, 5) is 23.0. The number of aliphatic hydroxyl groups is 1. The van der Waals surface area contributed by atoms with Gasteiger partial charge in [-0.1, -0.05) is 0 Å². The Hall–Kier alpha value is -1.42. The van der Waals surface area contributed by atoms with Crippen LogP contribution in [-0.2, 0) is 9.59 Å². The zero-order chi connectivity index (χ0) is 11.0. The Kier molecular flexibility index (Phi) is 6.32. The van der Waals surface area contributed by atoms with Gasteiger partial charge in [-0.3, -0.25) is 14.5 Å². The van der Waals surface area contributed by atoms with Gasteiger partial charge >= 0.3 is 0 Å². The van der Waals surface area contributed by atoms with Crippen molar-refractivity contribution in [3.8, 4) is 0 Å². The van der Waals surface area contributed by atoms with Gasteiger partial charge in [0.15, 0.2) is 0 Å². The van der Waals surface area contributed by atoms with Crippen LogP contribution in [0.25, 0.3) is 0 Å². The molecule has 1 aliphatic heterocycles. The van der Waals surface area contributed by atoms with Gasteiger partial charge in [0.25, 0.3) is 11.8 Å². The van der Waals surface area contributed by atoms with E-state index in [9.17, 15) is 9.59 Å². The van der Waals surface area contributed by atoms with E-state index in [0.717, 1.165) is 0 Å². The molecule has 0 aliphatic carbocycles. The second kappa shape index (κ2) is 7.03. The summed E-state index contributed by atoms with van der Waals surface area (Å²) in [5.41, 5.74) is 0. The molecule has 0 fully saturated rings. The third-order valence-electron chi connectivity index (χ3n) is 1.69. The Bertz CT molecular complexity index is 218. The molecule has 4 nitrogen and oxygen atoms in total. The maximum absolute atomic E-state index is 10.9. The number of carbonyl (C=O) groups is 2. The maximum Gasteiger partial charge on any atom is 0.253 e. The van der Waals surface area contributed by atoms with Gasteiger partial charge in [-0.25, -0.2) is 0 Å². The molecule has 1 rings (SSSR count). The molecular formula is C10H15NO3. The standard InChI is InChI=1S/C8H11NO3.C2H4/c10-6-2-1-5-9-7(11)3-4-8(9)12;1-2/h3-4,10H,1-2,5-6H2;1-2H2. The number of nitrogens with zero attached hydrogens (tertiary/aromatic N) is 1. The monoisotopic (exact) mass is 197 g/mol. The second-order valence-corrected chi connectivity index (χ2v) is 2.59. The second-order valence-electron chi connectivity index (χ2n) is 2.59. The van der Waals surface area contributed by atoms with Crippen LogP contribution in [0.15, 0.2) is 25.3 Å². The molecule has 1 aliphatic rings. The van der Waals surface area contributed by atoms with Gasteiger partial charge in [-0.2, -0.15) is 0 Å². The smallest absolute Gasteiger partial charge is 0.253 e. The number of hydrogen-bond donors (Lipinski definition) is 1. The summed E-state index contributed by atoms with van der Waals surface area (Å²) in [7, 11) is 0. The van der Waals surface area contributed by atoms with Crippen molar-refractivity contribution in [3.63, 3.8) is 0 Å². The molecule has 14 heavy (non-hydrogen) atoms. The number of hydrogen-bond acceptors (Lipinski definition) is 3. The Labute approximate surface area is 83.5 Å².